The Morgan fingerprint density at radius 1 is 1.36 bits per heavy atom. The number of hydrogen-bond acceptors (Lipinski definition) is 5. The van der Waals surface area contributed by atoms with Crippen LogP contribution in [0.3, 0.4) is 0 Å². The summed E-state index contributed by atoms with van der Waals surface area (Å²) in [5.41, 5.74) is -2.04. The van der Waals surface area contributed by atoms with E-state index in [1.54, 1.807) is 6.08 Å². The van der Waals surface area contributed by atoms with Crippen LogP contribution in [-0.4, -0.2) is 45.7 Å². The molecule has 6 heteroatoms. The molecular weight excluding hydrogens is 380 g/mol. The van der Waals surface area contributed by atoms with Crippen molar-refractivity contribution in [2.45, 2.75) is 63.8 Å². The molecule has 4 fully saturated rings. The van der Waals surface area contributed by atoms with Gasteiger partial charge < -0.3 is 14.9 Å². The van der Waals surface area contributed by atoms with E-state index in [9.17, 15) is 19.8 Å². The summed E-state index contributed by atoms with van der Waals surface area (Å²) in [6.07, 6.45) is 6.30. The fourth-order valence-electron chi connectivity index (χ4n) is 7.78. The average Bonchev–Trinajstić information content (AvgIpc) is 3.34. The predicted molar refractivity (Wildman–Crippen MR) is 102 cm³/mol. The molecule has 0 amide bonds. The number of fused-ring (bicyclic) bond motifs is 3. The van der Waals surface area contributed by atoms with Crippen molar-refractivity contribution in [1.82, 2.24) is 0 Å². The van der Waals surface area contributed by atoms with E-state index in [4.69, 9.17) is 16.3 Å². The lowest BCUT2D eigenvalue weighted by atomic mass is 9.46. The highest BCUT2D eigenvalue weighted by Crippen LogP contribution is 2.76. The van der Waals surface area contributed by atoms with Gasteiger partial charge in [-0.25, -0.2) is 0 Å². The van der Waals surface area contributed by atoms with E-state index in [1.165, 1.54) is 0 Å². The summed E-state index contributed by atoms with van der Waals surface area (Å²) in [5, 5.41) is 21.4. The molecule has 1 aliphatic heterocycles. The second-order valence-electron chi connectivity index (χ2n) is 9.95. The highest BCUT2D eigenvalue weighted by molar-refractivity contribution is 6.45. The molecule has 2 N–H and O–H groups in total. The smallest absolute Gasteiger partial charge is 0.196 e. The van der Waals surface area contributed by atoms with Gasteiger partial charge in [0.1, 0.15) is 17.8 Å². The van der Waals surface area contributed by atoms with Crippen LogP contribution in [0.5, 0.6) is 0 Å². The molecule has 28 heavy (non-hydrogen) atoms. The summed E-state index contributed by atoms with van der Waals surface area (Å²) in [4.78, 5) is 24.8. The first-order chi connectivity index (χ1) is 13.1. The van der Waals surface area contributed by atoms with Crippen molar-refractivity contribution in [1.29, 1.82) is 0 Å². The van der Waals surface area contributed by atoms with Crippen LogP contribution in [0.2, 0.25) is 0 Å². The number of allylic oxidation sites excluding steroid dienone is 2. The van der Waals surface area contributed by atoms with Crippen LogP contribution in [-0.2, 0) is 14.3 Å². The fourth-order valence-corrected chi connectivity index (χ4v) is 8.13. The SMILES string of the molecule is C[C@H]1C[C@H]2[C@@H]3CCC4=C(Cl)C(=O)C=C[C@]4(C)C34OC4C[C@]2(C)[C@@]1(O)C(=O)CO. The number of ketones is 2. The van der Waals surface area contributed by atoms with Gasteiger partial charge in [0, 0.05) is 10.8 Å². The molecule has 0 bridgehead atoms. The highest BCUT2D eigenvalue weighted by Gasteiger charge is 2.82. The quantitative estimate of drug-likeness (QED) is 0.688. The van der Waals surface area contributed by atoms with Crippen LogP contribution in [0.4, 0.5) is 0 Å². The molecule has 5 rings (SSSR count). The summed E-state index contributed by atoms with van der Waals surface area (Å²) in [6, 6.07) is 0. The largest absolute Gasteiger partial charge is 0.388 e. The van der Waals surface area contributed by atoms with E-state index in [0.717, 1.165) is 24.8 Å². The summed E-state index contributed by atoms with van der Waals surface area (Å²) in [5.74, 6) is -0.542. The Bertz CT molecular complexity index is 863. The van der Waals surface area contributed by atoms with Gasteiger partial charge in [0.15, 0.2) is 11.6 Å². The van der Waals surface area contributed by atoms with Crippen molar-refractivity contribution < 1.29 is 24.5 Å². The molecule has 0 aromatic carbocycles. The minimum atomic E-state index is -1.53. The normalized spacial score (nSPS) is 54.0. The maximum absolute atomic E-state index is 12.6. The molecule has 0 aromatic rings. The topological polar surface area (TPSA) is 87.1 Å². The number of aliphatic hydroxyl groups is 2. The molecule has 1 heterocycles. The number of carbonyl (C=O) groups is 2. The number of epoxide rings is 1. The Hall–Kier alpha value is -1.01. The minimum absolute atomic E-state index is 0.0929. The predicted octanol–water partition coefficient (Wildman–Crippen LogP) is 2.53. The second-order valence-corrected chi connectivity index (χ2v) is 10.3. The fraction of sp³-hybridized carbons (Fsp3) is 0.727. The van der Waals surface area contributed by atoms with E-state index < -0.39 is 34.4 Å². The molecule has 5 aliphatic rings. The van der Waals surface area contributed by atoms with E-state index in [2.05, 4.69) is 6.92 Å². The molecule has 8 atom stereocenters. The Morgan fingerprint density at radius 2 is 2.07 bits per heavy atom. The lowest BCUT2D eigenvalue weighted by molar-refractivity contribution is -0.165. The maximum atomic E-state index is 12.6. The van der Waals surface area contributed by atoms with Gasteiger partial charge in [-0.1, -0.05) is 31.5 Å². The van der Waals surface area contributed by atoms with Crippen molar-refractivity contribution >= 4 is 23.2 Å². The second kappa shape index (κ2) is 5.37. The number of ether oxygens (including phenoxy) is 1. The summed E-state index contributed by atoms with van der Waals surface area (Å²) >= 11 is 6.42. The van der Waals surface area contributed by atoms with Crippen LogP contribution in [0.1, 0.15) is 46.5 Å². The summed E-state index contributed by atoms with van der Waals surface area (Å²) in [6.45, 7) is 5.39. The Labute approximate surface area is 169 Å². The van der Waals surface area contributed by atoms with Crippen molar-refractivity contribution in [2.75, 3.05) is 6.61 Å². The molecule has 5 nitrogen and oxygen atoms in total. The van der Waals surface area contributed by atoms with Crippen LogP contribution in [0.25, 0.3) is 0 Å². The summed E-state index contributed by atoms with van der Waals surface area (Å²) < 4.78 is 6.43. The molecule has 152 valence electrons. The molecule has 1 spiro atoms. The van der Waals surface area contributed by atoms with Crippen molar-refractivity contribution in [2.24, 2.45) is 28.6 Å². The average molecular weight is 407 g/mol. The third-order valence-corrected chi connectivity index (χ3v) is 9.59. The zero-order valence-electron chi connectivity index (χ0n) is 16.5. The van der Waals surface area contributed by atoms with Gasteiger partial charge in [-0.2, -0.15) is 0 Å². The number of hydrogen-bond donors (Lipinski definition) is 2. The molecule has 3 saturated carbocycles. The number of aliphatic hydroxyl groups excluding tert-OH is 1. The zero-order chi connectivity index (χ0) is 20.3. The first-order valence-corrected chi connectivity index (χ1v) is 10.6. The van der Waals surface area contributed by atoms with Gasteiger partial charge in [-0.05, 0) is 62.0 Å². The first-order valence-electron chi connectivity index (χ1n) is 10.2. The molecule has 2 unspecified atom stereocenters. The van der Waals surface area contributed by atoms with Gasteiger partial charge in [-0.3, -0.25) is 9.59 Å². The standard InChI is InChI=1S/C22H27ClO5/c1-11-8-14-12-4-5-13-18(23)15(25)6-7-19(13,2)22(12)17(28-22)9-20(14,3)21(11,27)16(26)10-24/h6-7,11-12,14,17,24,27H,4-5,8-10H2,1-3H3/t11-,12-,14-,17?,19-,20-,21-,22?/m0/s1. The van der Waals surface area contributed by atoms with Crippen LogP contribution in [0, 0.1) is 28.6 Å². The molecule has 1 saturated heterocycles. The van der Waals surface area contributed by atoms with Gasteiger partial charge in [0.05, 0.1) is 11.1 Å². The summed E-state index contributed by atoms with van der Waals surface area (Å²) in [7, 11) is 0. The maximum Gasteiger partial charge on any atom is 0.196 e. The number of Topliss-reactive ketones (excluding diaryl/α,β-unsaturated/α-hetero) is 1. The van der Waals surface area contributed by atoms with Gasteiger partial charge in [-0.15, -0.1) is 0 Å². The lowest BCUT2D eigenvalue weighted by Crippen LogP contribution is -2.62. The van der Waals surface area contributed by atoms with Crippen molar-refractivity contribution in [3.8, 4) is 0 Å². The molecule has 0 aromatic heterocycles. The molecule has 0 radical (unpaired) electrons. The van der Waals surface area contributed by atoms with Crippen molar-refractivity contribution in [3.05, 3.63) is 22.8 Å². The first kappa shape index (κ1) is 19.0. The van der Waals surface area contributed by atoms with E-state index in [1.807, 2.05) is 19.9 Å². The van der Waals surface area contributed by atoms with Crippen LogP contribution >= 0.6 is 11.6 Å². The number of rotatable bonds is 2. The Balaban J connectivity index is 1.61. The number of carbonyl (C=O) groups excluding carboxylic acids is 2. The monoisotopic (exact) mass is 406 g/mol. The minimum Gasteiger partial charge on any atom is -0.388 e. The van der Waals surface area contributed by atoms with Crippen LogP contribution < -0.4 is 0 Å². The van der Waals surface area contributed by atoms with Crippen molar-refractivity contribution in [3.63, 3.8) is 0 Å². The van der Waals surface area contributed by atoms with Gasteiger partial charge in [0.2, 0.25) is 0 Å². The Kier molecular flexibility index (Phi) is 3.64. The van der Waals surface area contributed by atoms with E-state index >= 15 is 0 Å². The van der Waals surface area contributed by atoms with E-state index in [-0.39, 0.29) is 29.6 Å². The zero-order valence-corrected chi connectivity index (χ0v) is 17.3. The van der Waals surface area contributed by atoms with E-state index in [0.29, 0.717) is 11.5 Å². The molecular formula is C22H27ClO5. The third kappa shape index (κ3) is 1.78. The number of halogens is 1. The highest BCUT2D eigenvalue weighted by atomic mass is 35.5. The lowest BCUT2D eigenvalue weighted by Gasteiger charge is -2.55. The van der Waals surface area contributed by atoms with Crippen LogP contribution in [0.15, 0.2) is 22.8 Å². The molecule has 4 aliphatic carbocycles. The van der Waals surface area contributed by atoms with Gasteiger partial charge in [0.25, 0.3) is 0 Å². The Morgan fingerprint density at radius 3 is 2.75 bits per heavy atom. The van der Waals surface area contributed by atoms with Gasteiger partial charge >= 0.3 is 0 Å². The third-order valence-electron chi connectivity index (χ3n) is 9.18.